The summed E-state index contributed by atoms with van der Waals surface area (Å²) in [5.74, 6) is -0.610. The third-order valence-electron chi connectivity index (χ3n) is 2.98. The zero-order valence-electron chi connectivity index (χ0n) is 11.6. The molecular weight excluding hydrogens is 313 g/mol. The Morgan fingerprint density at radius 2 is 2.00 bits per heavy atom. The Kier molecular flexibility index (Phi) is 8.60. The first-order valence-electron chi connectivity index (χ1n) is 6.34. The summed E-state index contributed by atoms with van der Waals surface area (Å²) in [5.41, 5.74) is 0. The lowest BCUT2D eigenvalue weighted by molar-refractivity contribution is -0.125. The molecular formula is C11H20ClF3N4O2. The summed E-state index contributed by atoms with van der Waals surface area (Å²) in [5, 5.41) is 6.57. The number of imide groups is 1. The van der Waals surface area contributed by atoms with Crippen molar-refractivity contribution in [3.63, 3.8) is 0 Å². The highest BCUT2D eigenvalue weighted by atomic mass is 35.5. The second-order valence-corrected chi connectivity index (χ2v) is 4.71. The van der Waals surface area contributed by atoms with E-state index in [1.54, 1.807) is 5.32 Å². The predicted octanol–water partition coefficient (Wildman–Crippen LogP) is 0.480. The maximum Gasteiger partial charge on any atom is 0.405 e. The molecule has 6 nitrogen and oxygen atoms in total. The molecule has 0 aromatic carbocycles. The van der Waals surface area contributed by atoms with Gasteiger partial charge in [0.1, 0.15) is 6.54 Å². The fourth-order valence-corrected chi connectivity index (χ4v) is 2.03. The summed E-state index contributed by atoms with van der Waals surface area (Å²) < 4.78 is 35.6. The molecule has 0 spiro atoms. The van der Waals surface area contributed by atoms with Gasteiger partial charge in [-0.2, -0.15) is 13.2 Å². The van der Waals surface area contributed by atoms with Crippen molar-refractivity contribution in [2.45, 2.75) is 25.1 Å². The van der Waals surface area contributed by atoms with Crippen molar-refractivity contribution in [3.8, 4) is 0 Å². The zero-order valence-corrected chi connectivity index (χ0v) is 12.4. The number of likely N-dealkylation sites (tertiary alicyclic amines) is 1. The number of amides is 3. The number of halogens is 4. The Bertz CT molecular complexity index is 355. The smallest absolute Gasteiger partial charge is 0.329 e. The molecule has 1 atom stereocenters. The lowest BCUT2D eigenvalue weighted by Gasteiger charge is -2.31. The summed E-state index contributed by atoms with van der Waals surface area (Å²) in [6.07, 6.45) is -2.55. The van der Waals surface area contributed by atoms with Gasteiger partial charge in [-0.25, -0.2) is 4.79 Å². The molecule has 3 amide bonds. The molecule has 0 saturated carbocycles. The standard InChI is InChI=1S/C11H19F3N4O2.ClH/c1-15-8-3-2-4-18(5-8)6-9(19)17-10(20)16-7-11(12,13)14;/h8,15H,2-7H2,1H3,(H2,16,17,19,20);1H. The van der Waals surface area contributed by atoms with Crippen molar-refractivity contribution in [1.82, 2.24) is 20.9 Å². The van der Waals surface area contributed by atoms with Crippen LogP contribution in [0, 0.1) is 0 Å². The lowest BCUT2D eigenvalue weighted by Crippen LogP contribution is -2.50. The number of urea groups is 1. The van der Waals surface area contributed by atoms with Crippen LogP contribution in [-0.4, -0.2) is 62.3 Å². The first-order valence-corrected chi connectivity index (χ1v) is 6.34. The van der Waals surface area contributed by atoms with E-state index in [-0.39, 0.29) is 25.0 Å². The zero-order chi connectivity index (χ0) is 15.2. The Hall–Kier alpha value is -1.06. The first-order chi connectivity index (χ1) is 9.30. The van der Waals surface area contributed by atoms with Crippen LogP contribution < -0.4 is 16.0 Å². The van der Waals surface area contributed by atoms with Gasteiger partial charge in [0, 0.05) is 12.6 Å². The molecule has 1 rings (SSSR count). The molecule has 0 aromatic rings. The molecule has 21 heavy (non-hydrogen) atoms. The highest BCUT2D eigenvalue weighted by molar-refractivity contribution is 5.95. The number of hydrogen-bond acceptors (Lipinski definition) is 4. The van der Waals surface area contributed by atoms with Crippen molar-refractivity contribution in [2.24, 2.45) is 0 Å². The molecule has 3 N–H and O–H groups in total. The summed E-state index contributed by atoms with van der Waals surface area (Å²) in [6.45, 7) is -0.0564. The van der Waals surface area contributed by atoms with Gasteiger partial charge in [0.2, 0.25) is 5.91 Å². The van der Waals surface area contributed by atoms with Crippen molar-refractivity contribution in [1.29, 1.82) is 0 Å². The van der Waals surface area contributed by atoms with Crippen molar-refractivity contribution < 1.29 is 22.8 Å². The van der Waals surface area contributed by atoms with Crippen LogP contribution in [0.3, 0.4) is 0 Å². The van der Waals surface area contributed by atoms with Crippen LogP contribution in [0.4, 0.5) is 18.0 Å². The third-order valence-corrected chi connectivity index (χ3v) is 2.98. The fourth-order valence-electron chi connectivity index (χ4n) is 2.03. The second-order valence-electron chi connectivity index (χ2n) is 4.71. The van der Waals surface area contributed by atoms with E-state index in [1.165, 1.54) is 0 Å². The normalized spacial score (nSPS) is 19.5. The number of hydrogen-bond donors (Lipinski definition) is 3. The molecule has 1 unspecified atom stereocenters. The van der Waals surface area contributed by atoms with Gasteiger partial charge in [-0.05, 0) is 26.4 Å². The van der Waals surface area contributed by atoms with Crippen LogP contribution in [0.25, 0.3) is 0 Å². The minimum atomic E-state index is -4.49. The van der Waals surface area contributed by atoms with Crippen LogP contribution in [-0.2, 0) is 4.79 Å². The van der Waals surface area contributed by atoms with Gasteiger partial charge in [0.05, 0.1) is 6.54 Å². The molecule has 10 heteroatoms. The van der Waals surface area contributed by atoms with E-state index in [4.69, 9.17) is 0 Å². The van der Waals surface area contributed by atoms with E-state index in [0.29, 0.717) is 6.54 Å². The van der Waals surface area contributed by atoms with Crippen LogP contribution in [0.15, 0.2) is 0 Å². The second kappa shape index (κ2) is 9.06. The maximum absolute atomic E-state index is 11.9. The highest BCUT2D eigenvalue weighted by Crippen LogP contribution is 2.12. The monoisotopic (exact) mass is 332 g/mol. The quantitative estimate of drug-likeness (QED) is 0.700. The first kappa shape index (κ1) is 19.9. The average molecular weight is 333 g/mol. The number of carbonyl (C=O) groups is 2. The van der Waals surface area contributed by atoms with Crippen LogP contribution in [0.5, 0.6) is 0 Å². The molecule has 0 radical (unpaired) electrons. The molecule has 0 aromatic heterocycles. The number of alkyl halides is 3. The van der Waals surface area contributed by atoms with Gasteiger partial charge in [-0.3, -0.25) is 15.0 Å². The van der Waals surface area contributed by atoms with Gasteiger partial charge in [-0.1, -0.05) is 0 Å². The van der Waals surface area contributed by atoms with Crippen molar-refractivity contribution in [3.05, 3.63) is 0 Å². The van der Waals surface area contributed by atoms with Crippen LogP contribution >= 0.6 is 12.4 Å². The third kappa shape index (κ3) is 8.74. The number of carbonyl (C=O) groups excluding carboxylic acids is 2. The molecule has 1 fully saturated rings. The SMILES string of the molecule is CNC1CCCN(CC(=O)NC(=O)NCC(F)(F)F)C1.Cl. The van der Waals surface area contributed by atoms with E-state index in [9.17, 15) is 22.8 Å². The molecule has 0 bridgehead atoms. The number of likely N-dealkylation sites (N-methyl/N-ethyl adjacent to an activating group) is 1. The van der Waals surface area contributed by atoms with Gasteiger partial charge in [0.15, 0.2) is 0 Å². The van der Waals surface area contributed by atoms with E-state index < -0.39 is 24.7 Å². The average Bonchev–Trinajstić information content (AvgIpc) is 2.35. The summed E-state index contributed by atoms with van der Waals surface area (Å²) in [4.78, 5) is 24.5. The highest BCUT2D eigenvalue weighted by Gasteiger charge is 2.28. The van der Waals surface area contributed by atoms with E-state index >= 15 is 0 Å². The number of nitrogens with one attached hydrogen (secondary N) is 3. The van der Waals surface area contributed by atoms with Gasteiger partial charge in [0.25, 0.3) is 0 Å². The summed E-state index contributed by atoms with van der Waals surface area (Å²) >= 11 is 0. The Morgan fingerprint density at radius 1 is 1.33 bits per heavy atom. The molecule has 0 aliphatic carbocycles. The van der Waals surface area contributed by atoms with Gasteiger partial charge < -0.3 is 10.6 Å². The molecule has 1 heterocycles. The topological polar surface area (TPSA) is 73.5 Å². The summed E-state index contributed by atoms with van der Waals surface area (Å²) in [6, 6.07) is -0.842. The molecule has 1 aliphatic rings. The largest absolute Gasteiger partial charge is 0.405 e. The van der Waals surface area contributed by atoms with E-state index in [1.807, 2.05) is 17.3 Å². The minimum Gasteiger partial charge on any atom is -0.329 e. The number of piperidine rings is 1. The number of rotatable bonds is 4. The van der Waals surface area contributed by atoms with E-state index in [2.05, 4.69) is 5.32 Å². The Labute approximate surface area is 127 Å². The van der Waals surface area contributed by atoms with Crippen LogP contribution in [0.1, 0.15) is 12.8 Å². The van der Waals surface area contributed by atoms with Crippen molar-refractivity contribution >= 4 is 24.3 Å². The van der Waals surface area contributed by atoms with Crippen LogP contribution in [0.2, 0.25) is 0 Å². The number of nitrogens with zero attached hydrogens (tertiary/aromatic N) is 1. The molecule has 1 saturated heterocycles. The van der Waals surface area contributed by atoms with E-state index in [0.717, 1.165) is 19.4 Å². The van der Waals surface area contributed by atoms with Gasteiger partial charge >= 0.3 is 12.2 Å². The Morgan fingerprint density at radius 3 is 2.57 bits per heavy atom. The maximum atomic E-state index is 11.9. The molecule has 124 valence electrons. The Balaban J connectivity index is 0.00000400. The van der Waals surface area contributed by atoms with Gasteiger partial charge in [-0.15, -0.1) is 12.4 Å². The summed E-state index contributed by atoms with van der Waals surface area (Å²) in [7, 11) is 1.83. The molecule has 1 aliphatic heterocycles. The minimum absolute atomic E-state index is 0. The lowest BCUT2D eigenvalue weighted by atomic mass is 10.1. The fraction of sp³-hybridized carbons (Fsp3) is 0.818. The predicted molar refractivity (Wildman–Crippen MR) is 73.4 cm³/mol. The van der Waals surface area contributed by atoms with Crippen molar-refractivity contribution in [2.75, 3.05) is 33.2 Å².